The Bertz CT molecular complexity index is 944. The Morgan fingerprint density at radius 3 is 2.21 bits per heavy atom. The minimum atomic E-state index is -3.35. The van der Waals surface area contributed by atoms with Gasteiger partial charge in [0.25, 0.3) is 5.91 Å². The summed E-state index contributed by atoms with van der Waals surface area (Å²) in [5.41, 5.74) is 1.01. The second-order valence-corrected chi connectivity index (χ2v) is 8.31. The summed E-state index contributed by atoms with van der Waals surface area (Å²) in [5, 5.41) is 2.80. The highest BCUT2D eigenvalue weighted by Crippen LogP contribution is 2.29. The van der Waals surface area contributed by atoms with Gasteiger partial charge >= 0.3 is 0 Å². The Labute approximate surface area is 171 Å². The van der Waals surface area contributed by atoms with Gasteiger partial charge in [-0.25, -0.2) is 8.42 Å². The molecule has 1 N–H and O–H groups in total. The third-order valence-electron chi connectivity index (χ3n) is 4.31. The number of hydrogen-bond donors (Lipinski definition) is 1. The van der Waals surface area contributed by atoms with Gasteiger partial charge in [0.2, 0.25) is 10.0 Å². The number of benzene rings is 2. The molecule has 1 amide bonds. The summed E-state index contributed by atoms with van der Waals surface area (Å²) in [7, 11) is 1.18. The fourth-order valence-corrected chi connectivity index (χ4v) is 3.03. The van der Waals surface area contributed by atoms with Gasteiger partial charge in [-0.2, -0.15) is 0 Å². The molecule has 2 rings (SSSR count). The molecule has 158 valence electrons. The average Bonchev–Trinajstić information content (AvgIpc) is 2.71. The van der Waals surface area contributed by atoms with E-state index in [9.17, 15) is 13.2 Å². The lowest BCUT2D eigenvalue weighted by Crippen LogP contribution is -2.32. The summed E-state index contributed by atoms with van der Waals surface area (Å²) in [4.78, 5) is 12.7. The van der Waals surface area contributed by atoms with Gasteiger partial charge in [-0.05, 0) is 42.8 Å². The summed E-state index contributed by atoms with van der Waals surface area (Å²) in [6, 6.07) is 11.6. The summed E-state index contributed by atoms with van der Waals surface area (Å²) >= 11 is 0. The zero-order valence-corrected chi connectivity index (χ0v) is 17.9. The smallest absolute Gasteiger partial charge is 0.265 e. The summed E-state index contributed by atoms with van der Waals surface area (Å²) in [5.74, 6) is 1.22. The van der Waals surface area contributed by atoms with E-state index in [1.807, 2.05) is 6.92 Å². The van der Waals surface area contributed by atoms with Crippen LogP contribution in [0.3, 0.4) is 0 Å². The predicted octanol–water partition coefficient (Wildman–Crippen LogP) is 2.90. The fourth-order valence-electron chi connectivity index (χ4n) is 2.53. The maximum atomic E-state index is 12.7. The number of hydrogen-bond acceptors (Lipinski definition) is 6. The van der Waals surface area contributed by atoms with Crippen LogP contribution in [0.25, 0.3) is 0 Å². The highest BCUT2D eigenvalue weighted by molar-refractivity contribution is 7.92. The number of carbonyl (C=O) groups excluding carboxylic acids is 1. The Morgan fingerprint density at radius 2 is 1.69 bits per heavy atom. The van der Waals surface area contributed by atoms with E-state index in [0.29, 0.717) is 35.0 Å². The molecule has 0 saturated carbocycles. The van der Waals surface area contributed by atoms with Crippen LogP contribution < -0.4 is 23.8 Å². The van der Waals surface area contributed by atoms with Crippen molar-refractivity contribution in [2.24, 2.45) is 0 Å². The molecule has 0 spiro atoms. The molecule has 9 heteroatoms. The minimum absolute atomic E-state index is 0.326. The molecule has 0 bridgehead atoms. The lowest BCUT2D eigenvalue weighted by molar-refractivity contribution is -0.122. The molecule has 0 aliphatic heterocycles. The van der Waals surface area contributed by atoms with Gasteiger partial charge in [0, 0.05) is 13.1 Å². The first kappa shape index (κ1) is 22.4. The first-order valence-corrected chi connectivity index (χ1v) is 10.8. The van der Waals surface area contributed by atoms with Crippen LogP contribution in [0.4, 0.5) is 11.4 Å². The normalized spacial score (nSPS) is 12.0. The van der Waals surface area contributed by atoms with Crippen molar-refractivity contribution in [3.8, 4) is 17.2 Å². The molecule has 2 aromatic rings. The molecule has 0 heterocycles. The van der Waals surface area contributed by atoms with Crippen molar-refractivity contribution in [2.45, 2.75) is 19.4 Å². The van der Waals surface area contributed by atoms with Crippen LogP contribution in [0.5, 0.6) is 17.2 Å². The van der Waals surface area contributed by atoms with Crippen molar-refractivity contribution in [3.63, 3.8) is 0 Å². The van der Waals surface area contributed by atoms with Crippen molar-refractivity contribution in [3.05, 3.63) is 42.5 Å². The molecule has 8 nitrogen and oxygen atoms in total. The van der Waals surface area contributed by atoms with Crippen molar-refractivity contribution in [1.29, 1.82) is 0 Å². The standard InChI is InChI=1S/C20H26N2O6S/c1-6-18(20(23)21-17-12-11-16(26-3)13-19(17)27-4)28-15-9-7-14(8-10-15)22(2)29(5,24)25/h7-13,18H,6H2,1-5H3,(H,21,23)/t18-/m0/s1. The van der Waals surface area contributed by atoms with Crippen LogP contribution in [0.15, 0.2) is 42.5 Å². The third kappa shape index (κ3) is 5.77. The summed E-state index contributed by atoms with van der Waals surface area (Å²) in [6.07, 6.45) is 0.831. The number of amides is 1. The van der Waals surface area contributed by atoms with E-state index in [0.717, 1.165) is 10.6 Å². The van der Waals surface area contributed by atoms with E-state index in [1.54, 1.807) is 49.6 Å². The number of nitrogens with zero attached hydrogens (tertiary/aromatic N) is 1. The highest BCUT2D eigenvalue weighted by Gasteiger charge is 2.20. The lowest BCUT2D eigenvalue weighted by Gasteiger charge is -2.20. The van der Waals surface area contributed by atoms with Crippen LogP contribution in [-0.4, -0.2) is 48.0 Å². The molecule has 0 aromatic heterocycles. The maximum Gasteiger partial charge on any atom is 0.265 e. The minimum Gasteiger partial charge on any atom is -0.497 e. The zero-order chi connectivity index (χ0) is 21.6. The predicted molar refractivity (Wildman–Crippen MR) is 113 cm³/mol. The molecular formula is C20H26N2O6S. The van der Waals surface area contributed by atoms with Crippen LogP contribution in [0.1, 0.15) is 13.3 Å². The first-order chi connectivity index (χ1) is 13.7. The molecule has 0 radical (unpaired) electrons. The van der Waals surface area contributed by atoms with Crippen molar-refractivity contribution in [2.75, 3.05) is 37.1 Å². The average molecular weight is 423 g/mol. The number of anilines is 2. The molecule has 0 saturated heterocycles. The van der Waals surface area contributed by atoms with Crippen LogP contribution >= 0.6 is 0 Å². The molecule has 0 aliphatic carbocycles. The van der Waals surface area contributed by atoms with E-state index in [4.69, 9.17) is 14.2 Å². The summed E-state index contributed by atoms with van der Waals surface area (Å²) < 4.78 is 40.6. The molecule has 2 aromatic carbocycles. The Balaban J connectivity index is 2.11. The second-order valence-electron chi connectivity index (χ2n) is 6.29. The van der Waals surface area contributed by atoms with E-state index in [2.05, 4.69) is 5.32 Å². The Hall–Kier alpha value is -2.94. The molecule has 29 heavy (non-hydrogen) atoms. The van der Waals surface area contributed by atoms with E-state index >= 15 is 0 Å². The fraction of sp³-hybridized carbons (Fsp3) is 0.350. The van der Waals surface area contributed by atoms with Gasteiger partial charge in [0.15, 0.2) is 6.10 Å². The van der Waals surface area contributed by atoms with Crippen LogP contribution in [-0.2, 0) is 14.8 Å². The molecule has 0 aliphatic rings. The van der Waals surface area contributed by atoms with Gasteiger partial charge in [-0.3, -0.25) is 9.10 Å². The van der Waals surface area contributed by atoms with Gasteiger partial charge in [0.05, 0.1) is 31.9 Å². The zero-order valence-electron chi connectivity index (χ0n) is 17.1. The quantitative estimate of drug-likeness (QED) is 0.668. The van der Waals surface area contributed by atoms with Gasteiger partial charge in [-0.15, -0.1) is 0 Å². The Morgan fingerprint density at radius 1 is 1.07 bits per heavy atom. The first-order valence-electron chi connectivity index (χ1n) is 8.93. The lowest BCUT2D eigenvalue weighted by atomic mass is 10.2. The number of sulfonamides is 1. The van der Waals surface area contributed by atoms with E-state index in [1.165, 1.54) is 14.2 Å². The molecule has 0 fully saturated rings. The molecular weight excluding hydrogens is 396 g/mol. The monoisotopic (exact) mass is 422 g/mol. The van der Waals surface area contributed by atoms with Crippen LogP contribution in [0, 0.1) is 0 Å². The number of carbonyl (C=O) groups is 1. The maximum absolute atomic E-state index is 12.7. The van der Waals surface area contributed by atoms with Crippen LogP contribution in [0.2, 0.25) is 0 Å². The largest absolute Gasteiger partial charge is 0.497 e. The SMILES string of the molecule is CC[C@H](Oc1ccc(N(C)S(C)(=O)=O)cc1)C(=O)Nc1ccc(OC)cc1OC. The number of rotatable bonds is 9. The third-order valence-corrected chi connectivity index (χ3v) is 5.51. The molecule has 1 atom stereocenters. The van der Waals surface area contributed by atoms with Crippen molar-refractivity contribution in [1.82, 2.24) is 0 Å². The number of methoxy groups -OCH3 is 2. The van der Waals surface area contributed by atoms with E-state index < -0.39 is 16.1 Å². The van der Waals surface area contributed by atoms with Gasteiger partial charge < -0.3 is 19.5 Å². The second kappa shape index (κ2) is 9.51. The number of ether oxygens (including phenoxy) is 3. The highest BCUT2D eigenvalue weighted by atomic mass is 32.2. The van der Waals surface area contributed by atoms with Crippen molar-refractivity contribution >= 4 is 27.3 Å². The number of nitrogens with one attached hydrogen (secondary N) is 1. The van der Waals surface area contributed by atoms with Crippen molar-refractivity contribution < 1.29 is 27.4 Å². The van der Waals surface area contributed by atoms with Gasteiger partial charge in [0.1, 0.15) is 17.2 Å². The van der Waals surface area contributed by atoms with E-state index in [-0.39, 0.29) is 5.91 Å². The molecule has 0 unspecified atom stereocenters. The van der Waals surface area contributed by atoms with Gasteiger partial charge in [-0.1, -0.05) is 6.92 Å². The summed E-state index contributed by atoms with van der Waals surface area (Å²) in [6.45, 7) is 1.83. The topological polar surface area (TPSA) is 94.2 Å². The Kier molecular flexibility index (Phi) is 7.33.